The van der Waals surface area contributed by atoms with Gasteiger partial charge < -0.3 is 35.6 Å². The number of ether oxygens (including phenoxy) is 1. The Hall–Kier alpha value is -4.78. The van der Waals surface area contributed by atoms with E-state index in [4.69, 9.17) is 4.74 Å². The van der Waals surface area contributed by atoms with Crippen LogP contribution in [0, 0.1) is 5.92 Å². The van der Waals surface area contributed by atoms with E-state index in [0.717, 1.165) is 12.1 Å². The van der Waals surface area contributed by atoms with E-state index >= 15 is 0 Å². The number of hydrogen-bond donors (Lipinski definition) is 4. The highest BCUT2D eigenvalue weighted by Crippen LogP contribution is 2.32. The Labute approximate surface area is 252 Å². The lowest BCUT2D eigenvalue weighted by molar-refractivity contribution is -0.137. The quantitative estimate of drug-likeness (QED) is 0.271. The van der Waals surface area contributed by atoms with Crippen molar-refractivity contribution < 1.29 is 37.4 Å². The summed E-state index contributed by atoms with van der Waals surface area (Å²) in [6.07, 6.45) is -5.10. The number of likely N-dealkylation sites (N-methyl/N-ethyl adjacent to an activating group) is 1. The Balaban J connectivity index is 1.52. The Morgan fingerprint density at radius 1 is 1.00 bits per heavy atom. The Kier molecular flexibility index (Phi) is 9.99. The summed E-state index contributed by atoms with van der Waals surface area (Å²) in [5, 5.41) is 17.9. The zero-order chi connectivity index (χ0) is 32.0. The van der Waals surface area contributed by atoms with Crippen LogP contribution in [0.25, 0.3) is 0 Å². The van der Waals surface area contributed by atoms with E-state index in [0.29, 0.717) is 11.4 Å². The monoisotopic (exact) mass is 613 g/mol. The molecule has 44 heavy (non-hydrogen) atoms. The molecule has 0 aliphatic carbocycles. The van der Waals surface area contributed by atoms with Gasteiger partial charge in [0.25, 0.3) is 5.91 Å². The number of anilines is 3. The van der Waals surface area contributed by atoms with Crippen molar-refractivity contribution in [2.75, 3.05) is 42.7 Å². The molecule has 0 aromatic heterocycles. The van der Waals surface area contributed by atoms with Crippen molar-refractivity contribution in [1.82, 2.24) is 9.80 Å². The van der Waals surface area contributed by atoms with Crippen LogP contribution in [0.4, 0.5) is 39.8 Å². The number of nitrogens with one attached hydrogen (secondary N) is 3. The second-order valence-electron chi connectivity index (χ2n) is 10.7. The lowest BCUT2D eigenvalue weighted by Crippen LogP contribution is -2.50. The lowest BCUT2D eigenvalue weighted by Gasteiger charge is -2.38. The van der Waals surface area contributed by atoms with Crippen molar-refractivity contribution in [3.63, 3.8) is 0 Å². The number of nitrogens with zero attached hydrogens (tertiary/aromatic N) is 2. The van der Waals surface area contributed by atoms with E-state index in [1.54, 1.807) is 43.3 Å². The Morgan fingerprint density at radius 3 is 2.25 bits per heavy atom. The third-order valence-electron chi connectivity index (χ3n) is 7.22. The van der Waals surface area contributed by atoms with Crippen LogP contribution >= 0.6 is 0 Å². The maximum absolute atomic E-state index is 13.7. The molecule has 3 atom stereocenters. The zero-order valence-electron chi connectivity index (χ0n) is 24.4. The first-order valence-electron chi connectivity index (χ1n) is 13.9. The van der Waals surface area contributed by atoms with Crippen molar-refractivity contribution >= 4 is 35.0 Å². The number of aliphatic hydroxyl groups is 1. The van der Waals surface area contributed by atoms with Gasteiger partial charge in [-0.1, -0.05) is 25.1 Å². The molecule has 1 aliphatic heterocycles. The maximum atomic E-state index is 13.7. The van der Waals surface area contributed by atoms with Crippen molar-refractivity contribution in [3.05, 3.63) is 83.9 Å². The van der Waals surface area contributed by atoms with Crippen molar-refractivity contribution in [1.29, 1.82) is 0 Å². The highest BCUT2D eigenvalue weighted by Gasteiger charge is 2.34. The summed E-state index contributed by atoms with van der Waals surface area (Å²) >= 11 is 0. The van der Waals surface area contributed by atoms with Crippen LogP contribution in [0.15, 0.2) is 72.8 Å². The van der Waals surface area contributed by atoms with Gasteiger partial charge in [-0.25, -0.2) is 9.59 Å². The Bertz CT molecular complexity index is 1470. The molecule has 1 heterocycles. The second-order valence-corrected chi connectivity index (χ2v) is 10.7. The summed E-state index contributed by atoms with van der Waals surface area (Å²) in [6, 6.07) is 16.0. The maximum Gasteiger partial charge on any atom is 0.416 e. The molecule has 0 radical (unpaired) electrons. The average Bonchev–Trinajstić information content (AvgIpc) is 2.99. The third-order valence-corrected chi connectivity index (χ3v) is 7.22. The van der Waals surface area contributed by atoms with E-state index in [-0.39, 0.29) is 42.6 Å². The molecule has 3 aromatic rings. The number of carbonyl (C=O) groups is 3. The van der Waals surface area contributed by atoms with Crippen LogP contribution in [0.3, 0.4) is 0 Å². The fourth-order valence-electron chi connectivity index (χ4n) is 4.65. The number of alkyl halides is 3. The van der Waals surface area contributed by atoms with Crippen LogP contribution < -0.4 is 20.7 Å². The molecule has 234 valence electrons. The molecule has 0 saturated carbocycles. The molecule has 4 N–H and O–H groups in total. The van der Waals surface area contributed by atoms with E-state index < -0.39 is 41.9 Å². The van der Waals surface area contributed by atoms with Gasteiger partial charge in [-0.3, -0.25) is 4.79 Å². The molecule has 0 bridgehead atoms. The van der Waals surface area contributed by atoms with Gasteiger partial charge in [0.2, 0.25) is 0 Å². The number of aliphatic hydroxyl groups excluding tert-OH is 1. The topological polar surface area (TPSA) is 123 Å². The standard InChI is InChI=1S/C31H34F3N5O5/c1-19-16-39(20(2)18-40)28(41)25-15-24(36-29(42)35-22-7-5-4-6-8-22)13-14-26(25)44-27(19)17-38(3)30(43)37-23-11-9-21(10-12-23)31(32,33)34/h4-15,19-20,27,40H,16-18H2,1-3H3,(H,37,43)(H2,35,36,42)/t19-,20-,27+/m0/s1. The van der Waals surface area contributed by atoms with Gasteiger partial charge in [-0.2, -0.15) is 13.2 Å². The molecule has 0 unspecified atom stereocenters. The summed E-state index contributed by atoms with van der Waals surface area (Å²) in [5.74, 6) is -0.462. The summed E-state index contributed by atoms with van der Waals surface area (Å²) in [6.45, 7) is 3.55. The van der Waals surface area contributed by atoms with Crippen LogP contribution in [-0.2, 0) is 6.18 Å². The molecular weight excluding hydrogens is 579 g/mol. The summed E-state index contributed by atoms with van der Waals surface area (Å²) < 4.78 is 44.9. The zero-order valence-corrected chi connectivity index (χ0v) is 24.4. The summed E-state index contributed by atoms with van der Waals surface area (Å²) in [4.78, 5) is 42.0. The van der Waals surface area contributed by atoms with Crippen LogP contribution in [0.2, 0.25) is 0 Å². The van der Waals surface area contributed by atoms with Crippen molar-refractivity contribution in [3.8, 4) is 5.75 Å². The number of benzene rings is 3. The predicted octanol–water partition coefficient (Wildman–Crippen LogP) is 5.73. The number of hydrogen-bond acceptors (Lipinski definition) is 5. The lowest BCUT2D eigenvalue weighted by atomic mass is 9.99. The molecular formula is C31H34F3N5O5. The third kappa shape index (κ3) is 7.98. The molecule has 0 saturated heterocycles. The molecule has 10 nitrogen and oxygen atoms in total. The molecule has 0 fully saturated rings. The predicted molar refractivity (Wildman–Crippen MR) is 160 cm³/mol. The number of para-hydroxylation sites is 1. The van der Waals surface area contributed by atoms with E-state index in [2.05, 4.69) is 16.0 Å². The van der Waals surface area contributed by atoms with Gasteiger partial charge in [0, 0.05) is 36.6 Å². The Morgan fingerprint density at radius 2 is 1.61 bits per heavy atom. The first kappa shape index (κ1) is 32.1. The highest BCUT2D eigenvalue weighted by molar-refractivity contribution is 6.02. The van der Waals surface area contributed by atoms with Crippen molar-refractivity contribution in [2.45, 2.75) is 32.2 Å². The van der Waals surface area contributed by atoms with Gasteiger partial charge in [-0.15, -0.1) is 0 Å². The molecule has 0 spiro atoms. The highest BCUT2D eigenvalue weighted by atomic mass is 19.4. The van der Waals surface area contributed by atoms with Gasteiger partial charge in [0.1, 0.15) is 11.9 Å². The van der Waals surface area contributed by atoms with Crippen LogP contribution in [-0.4, -0.2) is 71.8 Å². The molecule has 3 aromatic carbocycles. The second kappa shape index (κ2) is 13.7. The first-order valence-corrected chi connectivity index (χ1v) is 13.9. The summed E-state index contributed by atoms with van der Waals surface area (Å²) in [5.41, 5.74) is 0.449. The van der Waals surface area contributed by atoms with E-state index in [9.17, 15) is 32.7 Å². The minimum atomic E-state index is -4.49. The van der Waals surface area contributed by atoms with Crippen LogP contribution in [0.5, 0.6) is 5.75 Å². The van der Waals surface area contributed by atoms with Gasteiger partial charge in [0.05, 0.1) is 30.3 Å². The number of rotatable bonds is 7. The molecule has 4 rings (SSSR count). The number of urea groups is 2. The minimum Gasteiger partial charge on any atom is -0.487 e. The number of halogens is 3. The largest absolute Gasteiger partial charge is 0.487 e. The molecule has 5 amide bonds. The van der Waals surface area contributed by atoms with Crippen molar-refractivity contribution in [2.24, 2.45) is 5.92 Å². The van der Waals surface area contributed by atoms with E-state index in [1.165, 1.54) is 35.0 Å². The first-order chi connectivity index (χ1) is 20.8. The average molecular weight is 614 g/mol. The van der Waals surface area contributed by atoms with Gasteiger partial charge >= 0.3 is 18.2 Å². The SMILES string of the molecule is C[C@H]1CN([C@@H](C)CO)C(=O)c2cc(NC(=O)Nc3ccccc3)ccc2O[C@@H]1CN(C)C(=O)Nc1ccc(C(F)(F)F)cc1. The van der Waals surface area contributed by atoms with Gasteiger partial charge in [0.15, 0.2) is 0 Å². The van der Waals surface area contributed by atoms with Gasteiger partial charge in [-0.05, 0) is 61.5 Å². The number of carbonyl (C=O) groups excluding carboxylic acids is 3. The normalized spacial score (nSPS) is 17.3. The summed E-state index contributed by atoms with van der Waals surface area (Å²) in [7, 11) is 1.52. The minimum absolute atomic E-state index is 0.0715. The molecule has 1 aliphatic rings. The number of amides is 5. The number of fused-ring (bicyclic) bond motifs is 1. The van der Waals surface area contributed by atoms with E-state index in [1.807, 2.05) is 13.0 Å². The smallest absolute Gasteiger partial charge is 0.416 e. The van der Waals surface area contributed by atoms with Crippen LogP contribution in [0.1, 0.15) is 29.8 Å². The molecule has 13 heteroatoms. The fourth-order valence-corrected chi connectivity index (χ4v) is 4.65. The fraction of sp³-hybridized carbons (Fsp3) is 0.323.